The standard InChI is InChI=1S/C24H15N3O2.C13H10O.C12H7IN2O.C6H5I.C5H6N2O.CO2/c1-3-11-20-18(9-1)27(19-10-2-4-12-21(19)28-20)17-8-5-7-16(15-17)24-26-23-22(29-24)13-6-14-25-23;1-3-7-12-10(5-1)9-11-6-2-4-8-13(11)14-12;13-9-4-1-3-8(7-9)12-15-11-10(16-12)5-2-6-14-11;7-6-4-2-1-3-5-6;6-5-4(8)2-1-3-7-5;2-1-3/h1-15H;1-8H,9H2;1-7H;1-5H;1-3,8H,(H2,6,7);. The van der Waals surface area contributed by atoms with Gasteiger partial charge in [0.15, 0.2) is 45.5 Å². The normalized spacial score (nSPS) is 11.0. The Kier molecular flexibility index (Phi) is 17.6. The van der Waals surface area contributed by atoms with E-state index >= 15 is 0 Å². The van der Waals surface area contributed by atoms with Crippen LogP contribution in [0.3, 0.4) is 0 Å². The summed E-state index contributed by atoms with van der Waals surface area (Å²) in [4.78, 5) is 39.3. The molecule has 14 rings (SSSR count). The van der Waals surface area contributed by atoms with Crippen LogP contribution < -0.4 is 20.1 Å². The molecular formula is C61H43I2N7O7. The van der Waals surface area contributed by atoms with Gasteiger partial charge in [0.2, 0.25) is 11.8 Å². The number of halogens is 2. The van der Waals surface area contributed by atoms with Gasteiger partial charge in [-0.3, -0.25) is 0 Å². The number of aromatic hydroxyl groups is 1. The molecule has 2 aliphatic heterocycles. The lowest BCUT2D eigenvalue weighted by Crippen LogP contribution is -2.15. The molecule has 0 radical (unpaired) electrons. The molecule has 0 unspecified atom stereocenters. The number of nitrogen functional groups attached to an aromatic ring is 1. The molecule has 3 N–H and O–H groups in total. The molecule has 0 aliphatic carbocycles. The molecule has 14 nitrogen and oxygen atoms in total. The average molecular weight is 1240 g/mol. The number of aromatic nitrogens is 5. The molecule has 378 valence electrons. The molecule has 0 saturated heterocycles. The maximum absolute atomic E-state index is 8.73. The largest absolute Gasteiger partial charge is 0.504 e. The lowest BCUT2D eigenvalue weighted by molar-refractivity contribution is -0.191. The third-order valence-electron chi connectivity index (χ3n) is 11.3. The molecular weight excluding hydrogens is 1200 g/mol. The highest BCUT2D eigenvalue weighted by molar-refractivity contribution is 14.1. The number of nitrogens with zero attached hydrogens (tertiary/aromatic N) is 6. The number of fused-ring (bicyclic) bond motifs is 6. The highest BCUT2D eigenvalue weighted by Crippen LogP contribution is 2.50. The van der Waals surface area contributed by atoms with Crippen LogP contribution in [-0.2, 0) is 16.0 Å². The quantitative estimate of drug-likeness (QED) is 0.159. The number of ether oxygens (including phenoxy) is 2. The summed E-state index contributed by atoms with van der Waals surface area (Å²) in [7, 11) is 0. The number of rotatable bonds is 3. The van der Waals surface area contributed by atoms with Crippen molar-refractivity contribution in [2.24, 2.45) is 0 Å². The summed E-state index contributed by atoms with van der Waals surface area (Å²) < 4.78 is 25.9. The van der Waals surface area contributed by atoms with E-state index in [1.54, 1.807) is 18.5 Å². The van der Waals surface area contributed by atoms with E-state index in [4.69, 9.17) is 38.7 Å². The van der Waals surface area contributed by atoms with Crippen molar-refractivity contribution in [2.45, 2.75) is 6.42 Å². The van der Waals surface area contributed by atoms with Gasteiger partial charge in [0, 0.05) is 49.0 Å². The minimum absolute atomic E-state index is 0.0347. The molecule has 77 heavy (non-hydrogen) atoms. The molecule has 0 saturated carbocycles. The lowest BCUT2D eigenvalue weighted by atomic mass is 10.0. The van der Waals surface area contributed by atoms with Gasteiger partial charge in [-0.05, 0) is 178 Å². The fourth-order valence-corrected chi connectivity index (χ4v) is 8.77. The van der Waals surface area contributed by atoms with Gasteiger partial charge < -0.3 is 34.0 Å². The Labute approximate surface area is 469 Å². The first kappa shape index (κ1) is 52.6. The van der Waals surface area contributed by atoms with E-state index < -0.39 is 0 Å². The Bertz CT molecular complexity index is 3720. The predicted octanol–water partition coefficient (Wildman–Crippen LogP) is 15.4. The SMILES string of the molecule is Ic1cccc(-c2nc3ncccc3o2)c1.Ic1ccccc1.Nc1ncccc1O.O=C=O.c1cc(-c2nc3ncccc3o2)cc(N2c3ccccc3Oc3ccccc32)c1.c1ccc2c(c1)Cc1ccccc1O2. The number of anilines is 4. The first-order valence-corrected chi connectivity index (χ1v) is 25.8. The van der Waals surface area contributed by atoms with Gasteiger partial charge in [-0.25, -0.2) is 15.0 Å². The van der Waals surface area contributed by atoms with Crippen molar-refractivity contribution in [1.82, 2.24) is 24.9 Å². The Morgan fingerprint density at radius 2 is 0.935 bits per heavy atom. The molecule has 5 aromatic heterocycles. The molecule has 0 amide bonds. The first-order chi connectivity index (χ1) is 37.7. The maximum Gasteiger partial charge on any atom is 0.373 e. The molecule has 0 bridgehead atoms. The van der Waals surface area contributed by atoms with Crippen LogP contribution >= 0.6 is 45.2 Å². The van der Waals surface area contributed by atoms with E-state index in [0.29, 0.717) is 28.7 Å². The second-order valence-electron chi connectivity index (χ2n) is 16.4. The van der Waals surface area contributed by atoms with E-state index in [1.807, 2.05) is 140 Å². The monoisotopic (exact) mass is 1240 g/mol. The first-order valence-electron chi connectivity index (χ1n) is 23.6. The van der Waals surface area contributed by atoms with Crippen LogP contribution in [0.2, 0.25) is 0 Å². The average Bonchev–Trinajstić information content (AvgIpc) is 4.12. The van der Waals surface area contributed by atoms with Crippen LogP contribution in [0.5, 0.6) is 28.7 Å². The minimum Gasteiger partial charge on any atom is -0.504 e. The number of nitrogens with two attached hydrogens (primary N) is 1. The van der Waals surface area contributed by atoms with Crippen molar-refractivity contribution < 1.29 is 33.0 Å². The summed E-state index contributed by atoms with van der Waals surface area (Å²) in [6.07, 6.45) is 6.18. The number of oxazole rings is 2. The molecule has 7 heterocycles. The van der Waals surface area contributed by atoms with E-state index in [-0.39, 0.29) is 17.7 Å². The molecule has 7 aromatic carbocycles. The number of hydrogen-bond donors (Lipinski definition) is 2. The number of para-hydroxylation sites is 6. The van der Waals surface area contributed by atoms with Crippen LogP contribution in [0.1, 0.15) is 11.1 Å². The van der Waals surface area contributed by atoms with E-state index in [0.717, 1.165) is 66.8 Å². The summed E-state index contributed by atoms with van der Waals surface area (Å²) in [5, 5.41) is 8.73. The van der Waals surface area contributed by atoms with Gasteiger partial charge >= 0.3 is 6.15 Å². The van der Waals surface area contributed by atoms with Crippen molar-refractivity contribution >= 4 is 96.7 Å². The van der Waals surface area contributed by atoms with Crippen molar-refractivity contribution in [3.05, 3.63) is 249 Å². The van der Waals surface area contributed by atoms with E-state index in [9.17, 15) is 0 Å². The second-order valence-corrected chi connectivity index (χ2v) is 18.9. The third-order valence-corrected chi connectivity index (χ3v) is 12.7. The third kappa shape index (κ3) is 13.6. The minimum atomic E-state index is 0.0347. The number of carbonyl (C=O) groups excluding carboxylic acids is 2. The predicted molar refractivity (Wildman–Crippen MR) is 312 cm³/mol. The van der Waals surface area contributed by atoms with Gasteiger partial charge in [-0.15, -0.1) is 0 Å². The van der Waals surface area contributed by atoms with E-state index in [1.165, 1.54) is 27.0 Å². The van der Waals surface area contributed by atoms with Gasteiger partial charge in [0.25, 0.3) is 0 Å². The number of pyridine rings is 3. The van der Waals surface area contributed by atoms with Gasteiger partial charge in [0.05, 0.1) is 11.4 Å². The Hall–Kier alpha value is -9.23. The molecule has 0 atom stereocenters. The zero-order chi connectivity index (χ0) is 53.3. The fourth-order valence-electron chi connectivity index (χ4n) is 7.81. The second kappa shape index (κ2) is 25.8. The number of benzene rings is 7. The van der Waals surface area contributed by atoms with Crippen LogP contribution in [-0.4, -0.2) is 36.2 Å². The van der Waals surface area contributed by atoms with Crippen molar-refractivity contribution in [1.29, 1.82) is 0 Å². The van der Waals surface area contributed by atoms with Crippen LogP contribution in [0, 0.1) is 7.14 Å². The Morgan fingerprint density at radius 3 is 1.43 bits per heavy atom. The van der Waals surface area contributed by atoms with Crippen molar-refractivity contribution in [3.63, 3.8) is 0 Å². The number of hydrogen-bond acceptors (Lipinski definition) is 14. The van der Waals surface area contributed by atoms with Gasteiger partial charge in [-0.1, -0.05) is 91.0 Å². The summed E-state index contributed by atoms with van der Waals surface area (Å²) in [5.41, 5.74) is 15.2. The summed E-state index contributed by atoms with van der Waals surface area (Å²) in [5.74, 6) is 5.00. The smallest absolute Gasteiger partial charge is 0.373 e. The molecule has 0 spiro atoms. The van der Waals surface area contributed by atoms with Crippen LogP contribution in [0.4, 0.5) is 22.9 Å². The lowest BCUT2D eigenvalue weighted by Gasteiger charge is -2.32. The fraction of sp³-hybridized carbons (Fsp3) is 0.0164. The van der Waals surface area contributed by atoms with Gasteiger partial charge in [0.1, 0.15) is 11.5 Å². The zero-order valence-corrected chi connectivity index (χ0v) is 44.9. The van der Waals surface area contributed by atoms with Gasteiger partial charge in [-0.2, -0.15) is 19.6 Å². The van der Waals surface area contributed by atoms with Crippen LogP contribution in [0.25, 0.3) is 45.4 Å². The molecule has 2 aliphatic rings. The maximum atomic E-state index is 8.73. The summed E-state index contributed by atoms with van der Waals surface area (Å²) in [6, 6.07) is 69.4. The van der Waals surface area contributed by atoms with Crippen molar-refractivity contribution in [2.75, 3.05) is 10.6 Å². The summed E-state index contributed by atoms with van der Waals surface area (Å²) in [6.45, 7) is 0. The Morgan fingerprint density at radius 1 is 0.481 bits per heavy atom. The van der Waals surface area contributed by atoms with Crippen LogP contribution in [0.15, 0.2) is 240 Å². The Balaban J connectivity index is 0.000000128. The molecule has 0 fully saturated rings. The zero-order valence-electron chi connectivity index (χ0n) is 40.6. The topological polar surface area (TPSA) is 193 Å². The highest BCUT2D eigenvalue weighted by atomic mass is 127. The highest BCUT2D eigenvalue weighted by Gasteiger charge is 2.26. The molecule has 12 aromatic rings. The summed E-state index contributed by atoms with van der Waals surface area (Å²) >= 11 is 4.55. The molecule has 16 heteroatoms. The van der Waals surface area contributed by atoms with Crippen molar-refractivity contribution in [3.8, 4) is 51.7 Å². The van der Waals surface area contributed by atoms with E-state index in [2.05, 4.69) is 136 Å².